The number of ether oxygens (including phenoxy) is 1. The van der Waals surface area contributed by atoms with Gasteiger partial charge >= 0.3 is 0 Å². The minimum atomic E-state index is -1.07. The number of benzene rings is 1. The number of nitrogens with zero attached hydrogens (tertiary/aromatic N) is 2. The van der Waals surface area contributed by atoms with Gasteiger partial charge < -0.3 is 9.84 Å². The molecule has 1 heterocycles. The lowest BCUT2D eigenvalue weighted by Gasteiger charge is -2.22. The van der Waals surface area contributed by atoms with Gasteiger partial charge in [-0.05, 0) is 24.6 Å². The van der Waals surface area contributed by atoms with Crippen molar-refractivity contribution < 1.29 is 9.84 Å². The Bertz CT molecular complexity index is 518. The van der Waals surface area contributed by atoms with Gasteiger partial charge in [0.15, 0.2) is 0 Å². The van der Waals surface area contributed by atoms with Gasteiger partial charge in [-0.2, -0.15) is 5.10 Å². The highest BCUT2D eigenvalue weighted by atomic mass is 16.5. The first-order chi connectivity index (χ1) is 8.04. The normalized spacial score (nSPS) is 14.4. The Hall–Kier alpha value is -1.81. The van der Waals surface area contributed by atoms with Crippen LogP contribution in [0.3, 0.4) is 0 Å². The number of aliphatic hydroxyl groups is 1. The molecule has 17 heavy (non-hydrogen) atoms. The second-order valence-corrected chi connectivity index (χ2v) is 4.21. The molecule has 1 atom stereocenters. The van der Waals surface area contributed by atoms with E-state index in [1.165, 1.54) is 0 Å². The van der Waals surface area contributed by atoms with Crippen LogP contribution in [0.15, 0.2) is 36.7 Å². The monoisotopic (exact) mass is 232 g/mol. The lowest BCUT2D eigenvalue weighted by molar-refractivity contribution is 0.102. The van der Waals surface area contributed by atoms with Crippen molar-refractivity contribution in [3.8, 4) is 5.75 Å². The van der Waals surface area contributed by atoms with Gasteiger partial charge in [0, 0.05) is 18.8 Å². The van der Waals surface area contributed by atoms with Crippen molar-refractivity contribution in [2.24, 2.45) is 7.05 Å². The maximum Gasteiger partial charge on any atom is 0.119 e. The molecule has 0 amide bonds. The third-order valence-corrected chi connectivity index (χ3v) is 2.90. The van der Waals surface area contributed by atoms with Crippen molar-refractivity contribution in [1.82, 2.24) is 9.78 Å². The average molecular weight is 232 g/mol. The number of methoxy groups -OCH3 is 1. The largest absolute Gasteiger partial charge is 0.497 e. The van der Waals surface area contributed by atoms with E-state index in [9.17, 15) is 5.11 Å². The van der Waals surface area contributed by atoms with Crippen LogP contribution < -0.4 is 4.74 Å². The van der Waals surface area contributed by atoms with Gasteiger partial charge in [-0.1, -0.05) is 12.1 Å². The van der Waals surface area contributed by atoms with Gasteiger partial charge in [0.2, 0.25) is 0 Å². The molecule has 0 bridgehead atoms. The molecule has 4 nitrogen and oxygen atoms in total. The van der Waals surface area contributed by atoms with E-state index in [0.29, 0.717) is 0 Å². The molecule has 0 aliphatic rings. The van der Waals surface area contributed by atoms with E-state index in [0.717, 1.165) is 16.9 Å². The average Bonchev–Trinajstić information content (AvgIpc) is 2.76. The summed E-state index contributed by atoms with van der Waals surface area (Å²) < 4.78 is 6.83. The fourth-order valence-electron chi connectivity index (χ4n) is 1.77. The lowest BCUT2D eigenvalue weighted by atomic mass is 9.90. The summed E-state index contributed by atoms with van der Waals surface area (Å²) in [6.07, 6.45) is 3.47. The molecule has 0 aliphatic heterocycles. The van der Waals surface area contributed by atoms with Crippen molar-refractivity contribution in [1.29, 1.82) is 0 Å². The van der Waals surface area contributed by atoms with Gasteiger partial charge in [-0.15, -0.1) is 0 Å². The smallest absolute Gasteiger partial charge is 0.119 e. The zero-order chi connectivity index (χ0) is 12.5. The van der Waals surface area contributed by atoms with Crippen molar-refractivity contribution in [2.45, 2.75) is 12.5 Å². The van der Waals surface area contributed by atoms with Crippen LogP contribution in [0, 0.1) is 0 Å². The second kappa shape index (κ2) is 4.22. The molecule has 0 radical (unpaired) electrons. The first-order valence-electron chi connectivity index (χ1n) is 5.40. The summed E-state index contributed by atoms with van der Waals surface area (Å²) in [5.74, 6) is 0.728. The SMILES string of the molecule is COc1cccc(C(C)(O)c2cnn(C)c2)c1. The summed E-state index contributed by atoms with van der Waals surface area (Å²) in [6, 6.07) is 7.41. The molecule has 1 unspecified atom stereocenters. The first-order valence-corrected chi connectivity index (χ1v) is 5.40. The highest BCUT2D eigenvalue weighted by Crippen LogP contribution is 2.30. The Balaban J connectivity index is 2.43. The summed E-state index contributed by atoms with van der Waals surface area (Å²) in [6.45, 7) is 1.75. The van der Waals surface area contributed by atoms with E-state index in [2.05, 4.69) is 5.10 Å². The highest BCUT2D eigenvalue weighted by Gasteiger charge is 2.27. The first kappa shape index (κ1) is 11.7. The molecule has 0 fully saturated rings. The standard InChI is InChI=1S/C13H16N2O2/c1-13(16,11-8-14-15(2)9-11)10-5-4-6-12(7-10)17-3/h4-9,16H,1-3H3. The molecule has 1 aromatic heterocycles. The predicted molar refractivity (Wildman–Crippen MR) is 64.9 cm³/mol. The number of aromatic nitrogens is 2. The Morgan fingerprint density at radius 2 is 2.12 bits per heavy atom. The molecule has 1 aromatic carbocycles. The number of hydrogen-bond acceptors (Lipinski definition) is 3. The molecule has 0 aliphatic carbocycles. The number of aryl methyl sites for hydroxylation is 1. The molecule has 0 saturated heterocycles. The minimum absolute atomic E-state index is 0.728. The molecule has 0 saturated carbocycles. The van der Waals surface area contributed by atoms with Gasteiger partial charge in [0.25, 0.3) is 0 Å². The third kappa shape index (κ3) is 2.17. The molecule has 4 heteroatoms. The van der Waals surface area contributed by atoms with Gasteiger partial charge in [-0.3, -0.25) is 4.68 Å². The maximum atomic E-state index is 10.6. The molecule has 90 valence electrons. The van der Waals surface area contributed by atoms with E-state index < -0.39 is 5.60 Å². The van der Waals surface area contributed by atoms with Crippen molar-refractivity contribution in [3.63, 3.8) is 0 Å². The summed E-state index contributed by atoms with van der Waals surface area (Å²) in [5.41, 5.74) is 0.473. The number of rotatable bonds is 3. The fourth-order valence-corrected chi connectivity index (χ4v) is 1.77. The number of hydrogen-bond donors (Lipinski definition) is 1. The van der Waals surface area contributed by atoms with E-state index in [1.807, 2.05) is 31.3 Å². The molecular weight excluding hydrogens is 216 g/mol. The van der Waals surface area contributed by atoms with Crippen molar-refractivity contribution >= 4 is 0 Å². The van der Waals surface area contributed by atoms with Gasteiger partial charge in [-0.25, -0.2) is 0 Å². The van der Waals surface area contributed by atoms with Crippen LogP contribution in [-0.4, -0.2) is 22.0 Å². The van der Waals surface area contributed by atoms with E-state index in [1.54, 1.807) is 31.1 Å². The van der Waals surface area contributed by atoms with Crippen LogP contribution in [0.1, 0.15) is 18.1 Å². The summed E-state index contributed by atoms with van der Waals surface area (Å²) in [4.78, 5) is 0. The zero-order valence-electron chi connectivity index (χ0n) is 10.2. The Morgan fingerprint density at radius 1 is 1.35 bits per heavy atom. The highest BCUT2D eigenvalue weighted by molar-refractivity contribution is 5.37. The van der Waals surface area contributed by atoms with Gasteiger partial charge in [0.05, 0.1) is 13.3 Å². The minimum Gasteiger partial charge on any atom is -0.497 e. The third-order valence-electron chi connectivity index (χ3n) is 2.90. The van der Waals surface area contributed by atoms with E-state index >= 15 is 0 Å². The van der Waals surface area contributed by atoms with Crippen LogP contribution in [0.2, 0.25) is 0 Å². The molecule has 0 spiro atoms. The summed E-state index contributed by atoms with van der Waals surface area (Å²) >= 11 is 0. The quantitative estimate of drug-likeness (QED) is 0.876. The predicted octanol–water partition coefficient (Wildman–Crippen LogP) is 1.68. The van der Waals surface area contributed by atoms with Crippen molar-refractivity contribution in [2.75, 3.05) is 7.11 Å². The molecule has 1 N–H and O–H groups in total. The van der Waals surface area contributed by atoms with E-state index in [4.69, 9.17) is 4.74 Å². The summed E-state index contributed by atoms with van der Waals surface area (Å²) in [7, 11) is 3.43. The van der Waals surface area contributed by atoms with Gasteiger partial charge in [0.1, 0.15) is 11.4 Å². The fraction of sp³-hybridized carbons (Fsp3) is 0.308. The topological polar surface area (TPSA) is 47.3 Å². The molecular formula is C13H16N2O2. The van der Waals surface area contributed by atoms with Crippen LogP contribution in [0.5, 0.6) is 5.75 Å². The van der Waals surface area contributed by atoms with Crippen LogP contribution in [0.4, 0.5) is 0 Å². The van der Waals surface area contributed by atoms with Crippen LogP contribution >= 0.6 is 0 Å². The Morgan fingerprint density at radius 3 is 2.71 bits per heavy atom. The van der Waals surface area contributed by atoms with Crippen LogP contribution in [0.25, 0.3) is 0 Å². The Labute approximate surface area is 100 Å². The zero-order valence-corrected chi connectivity index (χ0v) is 10.2. The lowest BCUT2D eigenvalue weighted by Crippen LogP contribution is -2.22. The van der Waals surface area contributed by atoms with E-state index in [-0.39, 0.29) is 0 Å². The molecule has 2 rings (SSSR count). The maximum absolute atomic E-state index is 10.6. The molecule has 2 aromatic rings. The Kier molecular flexibility index (Phi) is 2.90. The van der Waals surface area contributed by atoms with Crippen molar-refractivity contribution in [3.05, 3.63) is 47.8 Å². The van der Waals surface area contributed by atoms with Crippen LogP contribution in [-0.2, 0) is 12.6 Å². The second-order valence-electron chi connectivity index (χ2n) is 4.21. The summed E-state index contributed by atoms with van der Waals surface area (Å²) in [5, 5.41) is 14.7.